The first kappa shape index (κ1) is 18.3. The van der Waals surface area contributed by atoms with E-state index in [1.165, 1.54) is 0 Å². The average molecular weight is 320 g/mol. The molecule has 5 heteroatoms. The van der Waals surface area contributed by atoms with Gasteiger partial charge in [-0.2, -0.15) is 0 Å². The van der Waals surface area contributed by atoms with Crippen LogP contribution in [0.3, 0.4) is 0 Å². The van der Waals surface area contributed by atoms with Crippen LogP contribution in [0.15, 0.2) is 24.3 Å². The van der Waals surface area contributed by atoms with Gasteiger partial charge in [0.25, 0.3) is 0 Å². The summed E-state index contributed by atoms with van der Waals surface area (Å²) >= 11 is 0. The molecule has 0 spiro atoms. The fraction of sp³-hybridized carbons (Fsp3) is 0.667. The van der Waals surface area contributed by atoms with Crippen LogP contribution in [0.5, 0.6) is 5.75 Å². The molecule has 128 valence electrons. The maximum absolute atomic E-state index is 6.04. The van der Waals surface area contributed by atoms with Crippen molar-refractivity contribution in [3.63, 3.8) is 0 Å². The number of rotatable bonds is 8. The quantitative estimate of drug-likeness (QED) is 0.544. The normalized spacial score (nSPS) is 19.1. The largest absolute Gasteiger partial charge is 0.494 e. The van der Waals surface area contributed by atoms with Crippen molar-refractivity contribution in [2.24, 2.45) is 0 Å². The van der Waals surface area contributed by atoms with Crippen molar-refractivity contribution in [3.05, 3.63) is 24.3 Å². The number of ether oxygens (including phenoxy) is 2. The molecule has 0 atom stereocenters. The van der Waals surface area contributed by atoms with Gasteiger partial charge in [-0.25, -0.2) is 0 Å². The van der Waals surface area contributed by atoms with Crippen LogP contribution in [0.2, 0.25) is 0 Å². The van der Waals surface area contributed by atoms with Gasteiger partial charge in [0, 0.05) is 6.61 Å². The number of hydrogen-bond donors (Lipinski definition) is 0. The van der Waals surface area contributed by atoms with Crippen molar-refractivity contribution in [1.29, 1.82) is 0 Å². The highest BCUT2D eigenvalue weighted by atomic mass is 16.7. The molecule has 1 aromatic rings. The highest BCUT2D eigenvalue weighted by molar-refractivity contribution is 6.62. The lowest BCUT2D eigenvalue weighted by atomic mass is 9.79. The standard InChI is InChI=1S/C18H29BO4/c1-6-7-12-20-13-14-21-16-10-8-15(9-11-16)19-22-17(2,3)18(4,5)23-19/h8-11H,6-7,12-14H2,1-5H3. The summed E-state index contributed by atoms with van der Waals surface area (Å²) in [6.07, 6.45) is 2.25. The Morgan fingerprint density at radius 3 is 2.09 bits per heavy atom. The molecule has 0 radical (unpaired) electrons. The smallest absolute Gasteiger partial charge is 0.491 e. The van der Waals surface area contributed by atoms with Crippen LogP contribution in [0.4, 0.5) is 0 Å². The third-order valence-electron chi connectivity index (χ3n) is 4.54. The van der Waals surface area contributed by atoms with Gasteiger partial charge in [0.15, 0.2) is 0 Å². The molecule has 0 N–H and O–H groups in total. The molecule has 1 aromatic carbocycles. The molecule has 23 heavy (non-hydrogen) atoms. The van der Waals surface area contributed by atoms with Crippen molar-refractivity contribution in [1.82, 2.24) is 0 Å². The van der Waals surface area contributed by atoms with Gasteiger partial charge in [-0.15, -0.1) is 0 Å². The molecule has 1 saturated heterocycles. The summed E-state index contributed by atoms with van der Waals surface area (Å²) in [5.41, 5.74) is 0.376. The topological polar surface area (TPSA) is 36.9 Å². The monoisotopic (exact) mass is 320 g/mol. The Labute approximate surface area is 140 Å². The molecular formula is C18H29BO4. The highest BCUT2D eigenvalue weighted by Crippen LogP contribution is 2.36. The molecule has 1 aliphatic rings. The summed E-state index contributed by atoms with van der Waals surface area (Å²) in [4.78, 5) is 0. The molecule has 4 nitrogen and oxygen atoms in total. The maximum atomic E-state index is 6.04. The molecule has 2 rings (SSSR count). The predicted octanol–water partition coefficient (Wildman–Crippen LogP) is 3.18. The number of benzene rings is 1. The van der Waals surface area contributed by atoms with E-state index in [0.717, 1.165) is 30.7 Å². The Hall–Kier alpha value is -1.04. The molecule has 0 aliphatic carbocycles. The van der Waals surface area contributed by atoms with E-state index in [1.54, 1.807) is 0 Å². The molecule has 0 bridgehead atoms. The minimum Gasteiger partial charge on any atom is -0.491 e. The second-order valence-corrected chi connectivity index (χ2v) is 6.97. The average Bonchev–Trinajstić information content (AvgIpc) is 2.72. The van der Waals surface area contributed by atoms with E-state index in [0.29, 0.717) is 13.2 Å². The van der Waals surface area contributed by atoms with Gasteiger partial charge in [0.1, 0.15) is 12.4 Å². The van der Waals surface area contributed by atoms with E-state index < -0.39 is 0 Å². The van der Waals surface area contributed by atoms with E-state index in [9.17, 15) is 0 Å². The number of unbranched alkanes of at least 4 members (excludes halogenated alkanes) is 1. The van der Waals surface area contributed by atoms with Gasteiger partial charge in [-0.1, -0.05) is 25.5 Å². The van der Waals surface area contributed by atoms with Crippen LogP contribution in [0, 0.1) is 0 Å². The van der Waals surface area contributed by atoms with Gasteiger partial charge >= 0.3 is 7.12 Å². The molecule has 0 aromatic heterocycles. The lowest BCUT2D eigenvalue weighted by Gasteiger charge is -2.32. The molecule has 0 unspecified atom stereocenters. The summed E-state index contributed by atoms with van der Waals surface area (Å²) < 4.78 is 23.2. The minimum atomic E-state index is -0.327. The predicted molar refractivity (Wildman–Crippen MR) is 93.4 cm³/mol. The highest BCUT2D eigenvalue weighted by Gasteiger charge is 2.51. The number of hydrogen-bond acceptors (Lipinski definition) is 4. The van der Waals surface area contributed by atoms with Gasteiger partial charge in [0.2, 0.25) is 0 Å². The van der Waals surface area contributed by atoms with Crippen LogP contribution in [-0.2, 0) is 14.0 Å². The van der Waals surface area contributed by atoms with E-state index in [-0.39, 0.29) is 18.3 Å². The summed E-state index contributed by atoms with van der Waals surface area (Å²) in [5, 5.41) is 0. The molecule has 0 saturated carbocycles. The second-order valence-electron chi connectivity index (χ2n) is 6.97. The fourth-order valence-electron chi connectivity index (χ4n) is 2.27. The van der Waals surface area contributed by atoms with Crippen molar-refractivity contribution in [2.45, 2.75) is 58.7 Å². The third kappa shape index (κ3) is 4.72. The van der Waals surface area contributed by atoms with Gasteiger partial charge < -0.3 is 18.8 Å². The Bertz CT molecular complexity index is 468. The van der Waals surface area contributed by atoms with Crippen molar-refractivity contribution >= 4 is 12.6 Å². The van der Waals surface area contributed by atoms with Crippen LogP contribution in [0.25, 0.3) is 0 Å². The molecule has 1 aliphatic heterocycles. The SMILES string of the molecule is CCCCOCCOc1ccc(B2OC(C)(C)C(C)(C)O2)cc1. The third-order valence-corrected chi connectivity index (χ3v) is 4.54. The first-order chi connectivity index (χ1) is 10.9. The van der Waals surface area contributed by atoms with E-state index in [4.69, 9.17) is 18.8 Å². The van der Waals surface area contributed by atoms with E-state index >= 15 is 0 Å². The molecular weight excluding hydrogens is 291 g/mol. The van der Waals surface area contributed by atoms with Crippen molar-refractivity contribution in [3.8, 4) is 5.75 Å². The van der Waals surface area contributed by atoms with Crippen LogP contribution < -0.4 is 10.2 Å². The first-order valence-corrected chi connectivity index (χ1v) is 8.52. The zero-order chi connectivity index (χ0) is 16.9. The van der Waals surface area contributed by atoms with Crippen LogP contribution in [-0.4, -0.2) is 38.1 Å². The summed E-state index contributed by atoms with van der Waals surface area (Å²) in [6.45, 7) is 12.4. The minimum absolute atomic E-state index is 0.317. The van der Waals surface area contributed by atoms with Crippen molar-refractivity contribution < 1.29 is 18.8 Å². The maximum Gasteiger partial charge on any atom is 0.494 e. The lowest BCUT2D eigenvalue weighted by Crippen LogP contribution is -2.41. The molecule has 1 heterocycles. The van der Waals surface area contributed by atoms with E-state index in [2.05, 4.69) is 34.6 Å². The second kappa shape index (κ2) is 7.69. The first-order valence-electron chi connectivity index (χ1n) is 8.52. The fourth-order valence-corrected chi connectivity index (χ4v) is 2.27. The van der Waals surface area contributed by atoms with Gasteiger partial charge in [0.05, 0.1) is 17.8 Å². The Morgan fingerprint density at radius 1 is 0.913 bits per heavy atom. The van der Waals surface area contributed by atoms with Crippen LogP contribution >= 0.6 is 0 Å². The lowest BCUT2D eigenvalue weighted by molar-refractivity contribution is 0.00578. The Balaban J connectivity index is 1.81. The van der Waals surface area contributed by atoms with Crippen molar-refractivity contribution in [2.75, 3.05) is 19.8 Å². The van der Waals surface area contributed by atoms with Gasteiger partial charge in [-0.3, -0.25) is 0 Å². The zero-order valence-corrected chi connectivity index (χ0v) is 15.1. The Kier molecular flexibility index (Phi) is 6.12. The summed E-state index contributed by atoms with van der Waals surface area (Å²) in [6, 6.07) is 7.89. The Morgan fingerprint density at radius 2 is 1.52 bits per heavy atom. The van der Waals surface area contributed by atoms with E-state index in [1.807, 2.05) is 24.3 Å². The zero-order valence-electron chi connectivity index (χ0n) is 15.1. The van der Waals surface area contributed by atoms with Gasteiger partial charge in [-0.05, 0) is 51.7 Å². The molecule has 1 fully saturated rings. The summed E-state index contributed by atoms with van der Waals surface area (Å²) in [7, 11) is -0.327. The summed E-state index contributed by atoms with van der Waals surface area (Å²) in [5.74, 6) is 0.837. The molecule has 0 amide bonds. The van der Waals surface area contributed by atoms with Crippen LogP contribution in [0.1, 0.15) is 47.5 Å².